The number of ether oxygens (including phenoxy) is 2. The topological polar surface area (TPSA) is 161 Å². The summed E-state index contributed by atoms with van der Waals surface area (Å²) in [5.74, 6) is -3.27. The lowest BCUT2D eigenvalue weighted by atomic mass is 10.1. The molecule has 0 unspecified atom stereocenters. The third-order valence-electron chi connectivity index (χ3n) is 8.01. The van der Waals surface area contributed by atoms with Crippen LogP contribution in [0.2, 0.25) is 0 Å². The Morgan fingerprint density at radius 1 is 0.261 bits per heavy atom. The molecular weight excluding hydrogens is 592 g/mol. The third-order valence-corrected chi connectivity index (χ3v) is 8.01. The molecule has 0 aliphatic carbocycles. The number of carbonyl (C=O) groups excluding carboxylic acids is 4. The first kappa shape index (κ1) is 43.2. The van der Waals surface area contributed by atoms with Gasteiger partial charge in [-0.2, -0.15) is 0 Å². The van der Waals surface area contributed by atoms with Gasteiger partial charge in [0.15, 0.2) is 0 Å². The Morgan fingerprint density at radius 3 is 0.587 bits per heavy atom. The third kappa shape index (κ3) is 34.1. The van der Waals surface area contributed by atoms with Crippen molar-refractivity contribution in [2.45, 2.75) is 193 Å². The van der Waals surface area contributed by atoms with E-state index >= 15 is 0 Å². The lowest BCUT2D eigenvalue weighted by Gasteiger charge is -2.05. The standard InChI is InChI=1S/C36H62O10/c37-31(38)25-19-13-7-1-3-9-15-21-27-33(41)45-35(43)29-23-17-11-5-6-12-18-24-30-36(44)46-34(42)28-22-16-10-4-2-8-14-20-26-32(39)40/h1-30H2,(H,37,38)(H,39,40). The van der Waals surface area contributed by atoms with Gasteiger partial charge in [-0.15, -0.1) is 0 Å². The van der Waals surface area contributed by atoms with Gasteiger partial charge < -0.3 is 19.7 Å². The summed E-state index contributed by atoms with van der Waals surface area (Å²) < 4.78 is 9.82. The minimum atomic E-state index is -0.741. The smallest absolute Gasteiger partial charge is 0.313 e. The predicted octanol–water partition coefficient (Wildman–Crippen LogP) is 9.00. The molecule has 0 atom stereocenters. The van der Waals surface area contributed by atoms with Gasteiger partial charge in [0.25, 0.3) is 0 Å². The molecule has 0 heterocycles. The molecule has 0 fully saturated rings. The second-order valence-corrected chi connectivity index (χ2v) is 12.5. The molecule has 2 N–H and O–H groups in total. The van der Waals surface area contributed by atoms with E-state index in [4.69, 9.17) is 19.7 Å². The first-order valence-corrected chi connectivity index (χ1v) is 18.1. The number of aliphatic carboxylic acids is 2. The van der Waals surface area contributed by atoms with Crippen molar-refractivity contribution in [1.82, 2.24) is 0 Å². The van der Waals surface area contributed by atoms with Gasteiger partial charge in [0.1, 0.15) is 0 Å². The van der Waals surface area contributed by atoms with Crippen LogP contribution in [0.15, 0.2) is 0 Å². The predicted molar refractivity (Wildman–Crippen MR) is 176 cm³/mol. The molecule has 0 bridgehead atoms. The number of hydrogen-bond donors (Lipinski definition) is 2. The van der Waals surface area contributed by atoms with Crippen LogP contribution in [0.25, 0.3) is 0 Å². The number of rotatable bonds is 33. The Balaban J connectivity index is 3.45. The molecule has 266 valence electrons. The van der Waals surface area contributed by atoms with Crippen molar-refractivity contribution in [1.29, 1.82) is 0 Å². The van der Waals surface area contributed by atoms with Gasteiger partial charge in [-0.1, -0.05) is 116 Å². The second-order valence-electron chi connectivity index (χ2n) is 12.5. The fourth-order valence-electron chi connectivity index (χ4n) is 5.27. The van der Waals surface area contributed by atoms with E-state index in [-0.39, 0.29) is 38.5 Å². The van der Waals surface area contributed by atoms with Crippen LogP contribution >= 0.6 is 0 Å². The molecule has 0 amide bonds. The van der Waals surface area contributed by atoms with E-state index in [9.17, 15) is 28.8 Å². The van der Waals surface area contributed by atoms with E-state index in [0.29, 0.717) is 25.7 Å². The average molecular weight is 655 g/mol. The Labute approximate surface area is 276 Å². The summed E-state index contributed by atoms with van der Waals surface area (Å²) in [5, 5.41) is 17.2. The van der Waals surface area contributed by atoms with Gasteiger partial charge in [-0.25, -0.2) is 0 Å². The minimum Gasteiger partial charge on any atom is -0.481 e. The van der Waals surface area contributed by atoms with Gasteiger partial charge in [-0.3, -0.25) is 28.8 Å². The highest BCUT2D eigenvalue weighted by Gasteiger charge is 2.11. The van der Waals surface area contributed by atoms with Crippen molar-refractivity contribution in [3.05, 3.63) is 0 Å². The summed E-state index contributed by atoms with van der Waals surface area (Å²) >= 11 is 0. The molecule has 0 aliphatic rings. The van der Waals surface area contributed by atoms with Crippen molar-refractivity contribution in [2.75, 3.05) is 0 Å². The zero-order valence-electron chi connectivity index (χ0n) is 28.4. The normalized spacial score (nSPS) is 10.9. The second kappa shape index (κ2) is 32.2. The highest BCUT2D eigenvalue weighted by Crippen LogP contribution is 2.14. The van der Waals surface area contributed by atoms with Crippen molar-refractivity contribution in [3.63, 3.8) is 0 Å². The van der Waals surface area contributed by atoms with Crippen LogP contribution in [0, 0.1) is 0 Å². The number of esters is 4. The molecule has 46 heavy (non-hydrogen) atoms. The maximum absolute atomic E-state index is 11.9. The van der Waals surface area contributed by atoms with Gasteiger partial charge in [-0.05, 0) is 38.5 Å². The molecule has 0 aliphatic heterocycles. The molecule has 0 aromatic rings. The largest absolute Gasteiger partial charge is 0.481 e. The molecule has 0 rings (SSSR count). The van der Waals surface area contributed by atoms with Gasteiger partial charge in [0, 0.05) is 38.5 Å². The van der Waals surface area contributed by atoms with Crippen molar-refractivity contribution >= 4 is 35.8 Å². The van der Waals surface area contributed by atoms with E-state index in [1.54, 1.807) is 0 Å². The SMILES string of the molecule is O=C(O)CCCCCCCCCCC(=O)OC(=O)CCCCCCCCCCC(=O)OC(=O)CCCCCCCCCCC(=O)O. The maximum Gasteiger partial charge on any atom is 0.313 e. The Hall–Kier alpha value is -2.78. The van der Waals surface area contributed by atoms with E-state index < -0.39 is 35.8 Å². The number of unbranched alkanes of at least 4 members (excludes halogenated alkanes) is 21. The fraction of sp³-hybridized carbons (Fsp3) is 0.833. The van der Waals surface area contributed by atoms with Crippen LogP contribution in [0.4, 0.5) is 0 Å². The Kier molecular flexibility index (Phi) is 30.2. The van der Waals surface area contributed by atoms with E-state index in [0.717, 1.165) is 128 Å². The number of hydrogen-bond acceptors (Lipinski definition) is 8. The minimum absolute atomic E-state index is 0.238. The maximum atomic E-state index is 11.9. The molecule has 0 saturated heterocycles. The van der Waals surface area contributed by atoms with Crippen LogP contribution < -0.4 is 0 Å². The highest BCUT2D eigenvalue weighted by atomic mass is 16.6. The van der Waals surface area contributed by atoms with Gasteiger partial charge in [0.05, 0.1) is 0 Å². The summed E-state index contributed by atoms with van der Waals surface area (Å²) in [6.07, 6.45) is 23.9. The number of carboxylic acid groups (broad SMARTS) is 2. The molecule has 10 heteroatoms. The van der Waals surface area contributed by atoms with E-state index in [2.05, 4.69) is 0 Å². The summed E-state index contributed by atoms with van der Waals surface area (Å²) in [6, 6.07) is 0. The first-order chi connectivity index (χ1) is 22.2. The molecule has 0 spiro atoms. The summed E-state index contributed by atoms with van der Waals surface area (Å²) in [4.78, 5) is 68.4. The van der Waals surface area contributed by atoms with Crippen molar-refractivity contribution < 1.29 is 48.5 Å². The summed E-state index contributed by atoms with van der Waals surface area (Å²) in [7, 11) is 0. The van der Waals surface area contributed by atoms with Crippen LogP contribution in [-0.2, 0) is 38.2 Å². The van der Waals surface area contributed by atoms with Gasteiger partial charge >= 0.3 is 35.8 Å². The Morgan fingerprint density at radius 2 is 0.413 bits per heavy atom. The molecule has 0 aromatic carbocycles. The molecule has 10 nitrogen and oxygen atoms in total. The lowest BCUT2D eigenvalue weighted by molar-refractivity contribution is -0.161. The first-order valence-electron chi connectivity index (χ1n) is 18.1. The van der Waals surface area contributed by atoms with Crippen molar-refractivity contribution in [2.24, 2.45) is 0 Å². The zero-order valence-corrected chi connectivity index (χ0v) is 28.4. The molecule has 0 saturated carbocycles. The molecule has 0 aromatic heterocycles. The van der Waals surface area contributed by atoms with E-state index in [1.807, 2.05) is 0 Å². The molecule has 0 radical (unpaired) electrons. The zero-order chi connectivity index (χ0) is 34.1. The monoisotopic (exact) mass is 654 g/mol. The van der Waals surface area contributed by atoms with Crippen LogP contribution in [0.3, 0.4) is 0 Å². The van der Waals surface area contributed by atoms with Crippen LogP contribution in [-0.4, -0.2) is 46.0 Å². The number of carboxylic acids is 2. The average Bonchev–Trinajstić information content (AvgIpc) is 2.99. The molecular formula is C36H62O10. The van der Waals surface area contributed by atoms with Crippen LogP contribution in [0.1, 0.15) is 193 Å². The summed E-state index contributed by atoms with van der Waals surface area (Å²) in [6.45, 7) is 0. The Bertz CT molecular complexity index is 771. The number of carbonyl (C=O) groups is 6. The quantitative estimate of drug-likeness (QED) is 0.0397. The summed E-state index contributed by atoms with van der Waals surface area (Å²) in [5.41, 5.74) is 0. The van der Waals surface area contributed by atoms with Crippen molar-refractivity contribution in [3.8, 4) is 0 Å². The van der Waals surface area contributed by atoms with Crippen LogP contribution in [0.5, 0.6) is 0 Å². The fourth-order valence-corrected chi connectivity index (χ4v) is 5.27. The highest BCUT2D eigenvalue weighted by molar-refractivity contribution is 5.85. The van der Waals surface area contributed by atoms with E-state index in [1.165, 1.54) is 0 Å². The lowest BCUT2D eigenvalue weighted by Crippen LogP contribution is -2.11. The van der Waals surface area contributed by atoms with Gasteiger partial charge in [0.2, 0.25) is 0 Å².